The lowest BCUT2D eigenvalue weighted by Crippen LogP contribution is -2.68. The molecule has 0 aromatic rings. The van der Waals surface area contributed by atoms with Crippen LogP contribution in [0.1, 0.15) is 53.4 Å². The summed E-state index contributed by atoms with van der Waals surface area (Å²) in [5.74, 6) is 0.725. The van der Waals surface area contributed by atoms with Crippen molar-refractivity contribution in [3.8, 4) is 0 Å². The highest BCUT2D eigenvalue weighted by Crippen LogP contribution is 2.38. The fraction of sp³-hybridized carbons (Fsp3) is 1.00. The summed E-state index contributed by atoms with van der Waals surface area (Å²) in [6, 6.07) is 1.49. The Morgan fingerprint density at radius 2 is 2.00 bits per heavy atom. The van der Waals surface area contributed by atoms with Gasteiger partial charge in [0.25, 0.3) is 0 Å². The zero-order valence-corrected chi connectivity index (χ0v) is 13.8. The molecule has 3 nitrogen and oxygen atoms in total. The van der Waals surface area contributed by atoms with E-state index in [2.05, 4.69) is 37.5 Å². The van der Waals surface area contributed by atoms with E-state index < -0.39 is 0 Å². The van der Waals surface area contributed by atoms with E-state index in [9.17, 15) is 0 Å². The monoisotopic (exact) mass is 280 g/mol. The second-order valence-corrected chi connectivity index (χ2v) is 7.73. The highest BCUT2D eigenvalue weighted by molar-refractivity contribution is 5.03. The minimum Gasteiger partial charge on any atom is -0.377 e. The van der Waals surface area contributed by atoms with Crippen LogP contribution in [-0.2, 0) is 4.74 Å². The van der Waals surface area contributed by atoms with Gasteiger partial charge in [0.15, 0.2) is 0 Å². The first-order chi connectivity index (χ1) is 9.52. The van der Waals surface area contributed by atoms with Gasteiger partial charge in [0.1, 0.15) is 0 Å². The van der Waals surface area contributed by atoms with Crippen molar-refractivity contribution in [3.05, 3.63) is 0 Å². The van der Waals surface area contributed by atoms with E-state index in [0.29, 0.717) is 12.1 Å². The van der Waals surface area contributed by atoms with Crippen molar-refractivity contribution < 1.29 is 4.74 Å². The Morgan fingerprint density at radius 1 is 1.20 bits per heavy atom. The van der Waals surface area contributed by atoms with Crippen LogP contribution in [0.4, 0.5) is 0 Å². The van der Waals surface area contributed by atoms with E-state index in [4.69, 9.17) is 4.74 Å². The highest BCUT2D eigenvalue weighted by atomic mass is 16.5. The van der Waals surface area contributed by atoms with Crippen molar-refractivity contribution in [1.82, 2.24) is 9.80 Å². The average Bonchev–Trinajstić information content (AvgIpc) is 2.78. The number of fused-ring (bicyclic) bond motifs is 1. The molecular formula is C17H32N2O. The van der Waals surface area contributed by atoms with Crippen molar-refractivity contribution in [1.29, 1.82) is 0 Å². The molecule has 3 fully saturated rings. The van der Waals surface area contributed by atoms with E-state index in [1.54, 1.807) is 0 Å². The number of hydrogen-bond acceptors (Lipinski definition) is 3. The fourth-order valence-corrected chi connectivity index (χ4v) is 4.57. The largest absolute Gasteiger partial charge is 0.377 e. The average molecular weight is 280 g/mol. The normalized spacial score (nSPS) is 44.0. The lowest BCUT2D eigenvalue weighted by atomic mass is 9.84. The van der Waals surface area contributed by atoms with Crippen LogP contribution in [0, 0.1) is 5.92 Å². The molecule has 3 heteroatoms. The molecule has 0 aromatic carbocycles. The zero-order valence-electron chi connectivity index (χ0n) is 13.8. The molecule has 0 radical (unpaired) electrons. The molecule has 20 heavy (non-hydrogen) atoms. The van der Waals surface area contributed by atoms with E-state index in [-0.39, 0.29) is 5.54 Å². The molecule has 3 saturated heterocycles. The van der Waals surface area contributed by atoms with E-state index >= 15 is 0 Å². The van der Waals surface area contributed by atoms with Crippen molar-refractivity contribution in [2.45, 2.75) is 77.1 Å². The second-order valence-electron chi connectivity index (χ2n) is 7.73. The van der Waals surface area contributed by atoms with Gasteiger partial charge in [0.2, 0.25) is 0 Å². The molecule has 0 spiro atoms. The molecule has 116 valence electrons. The smallest absolute Gasteiger partial charge is 0.0728 e. The second kappa shape index (κ2) is 5.58. The number of piperazine rings is 1. The SMILES string of the molecule is CC(C)C1CN2CCCCC2CN1C1(C)CCOC1C. The van der Waals surface area contributed by atoms with Gasteiger partial charge in [-0.25, -0.2) is 0 Å². The maximum Gasteiger partial charge on any atom is 0.0728 e. The predicted molar refractivity (Wildman–Crippen MR) is 83.0 cm³/mol. The molecule has 3 heterocycles. The molecular weight excluding hydrogens is 248 g/mol. The minimum atomic E-state index is 0.248. The maximum atomic E-state index is 5.93. The van der Waals surface area contributed by atoms with Crippen LogP contribution in [-0.4, -0.2) is 59.8 Å². The zero-order chi connectivity index (χ0) is 14.3. The molecule has 0 aliphatic carbocycles. The lowest BCUT2D eigenvalue weighted by molar-refractivity contribution is -0.0814. The first-order valence-corrected chi connectivity index (χ1v) is 8.65. The number of piperidine rings is 1. The van der Waals surface area contributed by atoms with E-state index in [0.717, 1.165) is 18.6 Å². The molecule has 0 saturated carbocycles. The Balaban J connectivity index is 1.83. The molecule has 3 aliphatic rings. The van der Waals surface area contributed by atoms with Crippen LogP contribution in [0.2, 0.25) is 0 Å². The number of rotatable bonds is 2. The first-order valence-electron chi connectivity index (χ1n) is 8.65. The van der Waals surface area contributed by atoms with Gasteiger partial charge in [0, 0.05) is 37.3 Å². The summed E-state index contributed by atoms with van der Waals surface area (Å²) >= 11 is 0. The lowest BCUT2D eigenvalue weighted by Gasteiger charge is -2.55. The van der Waals surface area contributed by atoms with Crippen molar-refractivity contribution in [3.63, 3.8) is 0 Å². The third kappa shape index (κ3) is 2.42. The summed E-state index contributed by atoms with van der Waals surface area (Å²) in [5, 5.41) is 0. The van der Waals surface area contributed by atoms with Crippen molar-refractivity contribution in [2.24, 2.45) is 5.92 Å². The Morgan fingerprint density at radius 3 is 2.65 bits per heavy atom. The van der Waals surface area contributed by atoms with Gasteiger partial charge < -0.3 is 4.74 Å². The van der Waals surface area contributed by atoms with Crippen LogP contribution in [0.5, 0.6) is 0 Å². The third-order valence-electron chi connectivity index (χ3n) is 6.26. The van der Waals surface area contributed by atoms with E-state index in [1.807, 2.05) is 0 Å². The predicted octanol–water partition coefficient (Wildman–Crippen LogP) is 2.75. The van der Waals surface area contributed by atoms with Gasteiger partial charge in [0.05, 0.1) is 6.10 Å². The number of ether oxygens (including phenoxy) is 1. The van der Waals surface area contributed by atoms with Crippen LogP contribution in [0.15, 0.2) is 0 Å². The fourth-order valence-electron chi connectivity index (χ4n) is 4.57. The summed E-state index contributed by atoms with van der Waals surface area (Å²) in [5.41, 5.74) is 0.248. The summed E-state index contributed by atoms with van der Waals surface area (Å²) in [6.45, 7) is 14.3. The van der Waals surface area contributed by atoms with Gasteiger partial charge in [-0.3, -0.25) is 9.80 Å². The Kier molecular flexibility index (Phi) is 4.13. The first kappa shape index (κ1) is 14.8. The molecule has 4 atom stereocenters. The van der Waals surface area contributed by atoms with Gasteiger partial charge in [-0.05, 0) is 45.6 Å². The summed E-state index contributed by atoms with van der Waals surface area (Å²) in [6.07, 6.45) is 5.79. The Hall–Kier alpha value is -0.120. The summed E-state index contributed by atoms with van der Waals surface area (Å²) in [7, 11) is 0. The number of hydrogen-bond donors (Lipinski definition) is 0. The molecule has 0 aromatic heterocycles. The van der Waals surface area contributed by atoms with Gasteiger partial charge in [-0.1, -0.05) is 20.3 Å². The van der Waals surface area contributed by atoms with Crippen LogP contribution in [0.25, 0.3) is 0 Å². The summed E-state index contributed by atoms with van der Waals surface area (Å²) < 4.78 is 5.93. The van der Waals surface area contributed by atoms with E-state index in [1.165, 1.54) is 45.3 Å². The number of nitrogens with zero attached hydrogens (tertiary/aromatic N) is 2. The van der Waals surface area contributed by atoms with Gasteiger partial charge in [-0.2, -0.15) is 0 Å². The molecule has 0 N–H and O–H groups in total. The minimum absolute atomic E-state index is 0.248. The maximum absolute atomic E-state index is 5.93. The van der Waals surface area contributed by atoms with Crippen LogP contribution in [0.3, 0.4) is 0 Å². The molecule has 0 amide bonds. The molecule has 4 unspecified atom stereocenters. The topological polar surface area (TPSA) is 15.7 Å². The Bertz CT molecular complexity index is 346. The van der Waals surface area contributed by atoms with Gasteiger partial charge >= 0.3 is 0 Å². The standard InChI is InChI=1S/C17H32N2O/c1-13(2)16-12-18-9-6-5-7-15(18)11-19(16)17(4)8-10-20-14(17)3/h13-16H,5-12H2,1-4H3. The Labute approximate surface area is 124 Å². The molecule has 0 bridgehead atoms. The quantitative estimate of drug-likeness (QED) is 0.773. The van der Waals surface area contributed by atoms with Crippen molar-refractivity contribution in [2.75, 3.05) is 26.2 Å². The third-order valence-corrected chi connectivity index (χ3v) is 6.26. The summed E-state index contributed by atoms with van der Waals surface area (Å²) in [4.78, 5) is 5.61. The highest BCUT2D eigenvalue weighted by Gasteiger charge is 2.49. The van der Waals surface area contributed by atoms with Crippen LogP contribution >= 0.6 is 0 Å². The van der Waals surface area contributed by atoms with Crippen LogP contribution < -0.4 is 0 Å². The van der Waals surface area contributed by atoms with Gasteiger partial charge in [-0.15, -0.1) is 0 Å². The molecule has 3 rings (SSSR count). The molecule has 3 aliphatic heterocycles. The van der Waals surface area contributed by atoms with Crippen molar-refractivity contribution >= 4 is 0 Å².